The number of likely N-dealkylation sites (tertiary alicyclic amines) is 1. The highest BCUT2D eigenvalue weighted by molar-refractivity contribution is 5.79. The van der Waals surface area contributed by atoms with Gasteiger partial charge in [0.05, 0.1) is 0 Å². The molecule has 1 saturated heterocycles. The molecule has 0 spiro atoms. The smallest absolute Gasteiger partial charge is 0.223 e. The Morgan fingerprint density at radius 3 is 2.47 bits per heavy atom. The fourth-order valence-electron chi connectivity index (χ4n) is 2.54. The molecule has 1 atom stereocenters. The first-order valence-electron chi connectivity index (χ1n) is 6.99. The molecule has 1 heterocycles. The number of carbonyl (C=O) groups excluding carboxylic acids is 2. The molecule has 1 unspecified atom stereocenters. The molecule has 3 heteroatoms. The molecular weight excluding hydrogens is 238 g/mol. The van der Waals surface area contributed by atoms with Gasteiger partial charge in [0.25, 0.3) is 0 Å². The van der Waals surface area contributed by atoms with Crippen molar-refractivity contribution in [3.63, 3.8) is 0 Å². The zero-order chi connectivity index (χ0) is 13.5. The van der Waals surface area contributed by atoms with Crippen LogP contribution in [0, 0.1) is 5.92 Å². The van der Waals surface area contributed by atoms with Crippen LogP contribution in [0.15, 0.2) is 30.3 Å². The van der Waals surface area contributed by atoms with Gasteiger partial charge >= 0.3 is 0 Å². The molecule has 0 bridgehead atoms. The van der Waals surface area contributed by atoms with Gasteiger partial charge in [0, 0.05) is 25.4 Å². The summed E-state index contributed by atoms with van der Waals surface area (Å²) in [5.74, 6) is -0.221. The first-order valence-corrected chi connectivity index (χ1v) is 6.99. The Kier molecular flexibility index (Phi) is 5.13. The molecule has 0 aromatic heterocycles. The van der Waals surface area contributed by atoms with E-state index in [9.17, 15) is 9.59 Å². The van der Waals surface area contributed by atoms with E-state index < -0.39 is 0 Å². The van der Waals surface area contributed by atoms with Crippen LogP contribution in [-0.2, 0) is 16.0 Å². The van der Waals surface area contributed by atoms with Crippen molar-refractivity contribution in [3.05, 3.63) is 35.9 Å². The summed E-state index contributed by atoms with van der Waals surface area (Å²) in [6.07, 6.45) is 6.29. The van der Waals surface area contributed by atoms with Crippen LogP contribution in [0.25, 0.3) is 0 Å². The van der Waals surface area contributed by atoms with E-state index in [1.54, 1.807) is 0 Å². The third kappa shape index (κ3) is 4.19. The van der Waals surface area contributed by atoms with Gasteiger partial charge in [-0.3, -0.25) is 9.59 Å². The zero-order valence-electron chi connectivity index (χ0n) is 11.2. The third-order valence-corrected chi connectivity index (χ3v) is 3.62. The highest BCUT2D eigenvalue weighted by Crippen LogP contribution is 2.15. The molecule has 101 valence electrons. The van der Waals surface area contributed by atoms with Crippen molar-refractivity contribution in [2.24, 2.45) is 5.92 Å². The van der Waals surface area contributed by atoms with E-state index in [0.717, 1.165) is 31.5 Å². The van der Waals surface area contributed by atoms with Crippen molar-refractivity contribution in [2.75, 3.05) is 13.1 Å². The maximum atomic E-state index is 12.1. The molecule has 1 radical (unpaired) electrons. The van der Waals surface area contributed by atoms with Gasteiger partial charge in [-0.25, -0.2) is 0 Å². The lowest BCUT2D eigenvalue weighted by Crippen LogP contribution is -2.36. The number of carbonyl (C=O) groups is 1. The Bertz CT molecular complexity index is 410. The number of piperidine rings is 1. The Labute approximate surface area is 114 Å². The molecule has 1 aliphatic heterocycles. The van der Waals surface area contributed by atoms with Crippen molar-refractivity contribution in [2.45, 2.75) is 32.1 Å². The molecule has 2 rings (SSSR count). The van der Waals surface area contributed by atoms with Gasteiger partial charge in [0.15, 0.2) is 0 Å². The maximum absolute atomic E-state index is 12.1. The fourth-order valence-corrected chi connectivity index (χ4v) is 2.54. The molecule has 3 nitrogen and oxygen atoms in total. The molecule has 1 aromatic rings. The highest BCUT2D eigenvalue weighted by atomic mass is 16.2. The number of rotatable bonds is 5. The van der Waals surface area contributed by atoms with Crippen molar-refractivity contribution >= 4 is 12.2 Å². The van der Waals surface area contributed by atoms with Crippen LogP contribution in [0.1, 0.15) is 31.2 Å². The van der Waals surface area contributed by atoms with Gasteiger partial charge < -0.3 is 4.90 Å². The number of benzene rings is 1. The Morgan fingerprint density at radius 2 is 1.84 bits per heavy atom. The van der Waals surface area contributed by atoms with E-state index in [-0.39, 0.29) is 11.8 Å². The fraction of sp³-hybridized carbons (Fsp3) is 0.500. The number of hydrogen-bond acceptors (Lipinski definition) is 2. The number of nitrogens with zero attached hydrogens (tertiary/aromatic N) is 1. The molecule has 1 aliphatic rings. The van der Waals surface area contributed by atoms with E-state index in [1.165, 1.54) is 6.42 Å². The SMILES string of the molecule is O=[C]C(CC(=O)N1CCCCC1)Cc1ccccc1. The second-order valence-corrected chi connectivity index (χ2v) is 5.15. The predicted molar refractivity (Wildman–Crippen MR) is 74.4 cm³/mol. The van der Waals surface area contributed by atoms with Gasteiger partial charge in [-0.05, 0) is 31.2 Å². The lowest BCUT2D eigenvalue weighted by Gasteiger charge is -2.27. The molecular formula is C16H20NO2. The molecule has 1 fully saturated rings. The number of hydrogen-bond donors (Lipinski definition) is 0. The van der Waals surface area contributed by atoms with Crippen LogP contribution in [-0.4, -0.2) is 30.2 Å². The summed E-state index contributed by atoms with van der Waals surface area (Å²) in [7, 11) is 0. The van der Waals surface area contributed by atoms with Gasteiger partial charge in [-0.2, -0.15) is 0 Å². The van der Waals surface area contributed by atoms with Crippen LogP contribution >= 0.6 is 0 Å². The monoisotopic (exact) mass is 258 g/mol. The summed E-state index contributed by atoms with van der Waals surface area (Å²) >= 11 is 0. The minimum Gasteiger partial charge on any atom is -0.343 e. The summed E-state index contributed by atoms with van der Waals surface area (Å²) in [5, 5.41) is 0. The van der Waals surface area contributed by atoms with Crippen LogP contribution in [0.4, 0.5) is 0 Å². The van der Waals surface area contributed by atoms with Crippen LogP contribution in [0.3, 0.4) is 0 Å². The normalized spacial score (nSPS) is 16.9. The van der Waals surface area contributed by atoms with Gasteiger partial charge in [-0.1, -0.05) is 30.3 Å². The largest absolute Gasteiger partial charge is 0.343 e. The number of amides is 1. The molecule has 19 heavy (non-hydrogen) atoms. The van der Waals surface area contributed by atoms with Crippen molar-refractivity contribution in [1.82, 2.24) is 4.90 Å². The van der Waals surface area contributed by atoms with Crippen molar-refractivity contribution in [1.29, 1.82) is 0 Å². The Morgan fingerprint density at radius 1 is 1.16 bits per heavy atom. The van der Waals surface area contributed by atoms with Crippen LogP contribution in [0.2, 0.25) is 0 Å². The minimum absolute atomic E-state index is 0.101. The van der Waals surface area contributed by atoms with Crippen molar-refractivity contribution in [3.8, 4) is 0 Å². The highest BCUT2D eigenvalue weighted by Gasteiger charge is 2.21. The zero-order valence-corrected chi connectivity index (χ0v) is 11.2. The molecule has 0 aliphatic carbocycles. The summed E-state index contributed by atoms with van der Waals surface area (Å²) in [6.45, 7) is 1.69. The lowest BCUT2D eigenvalue weighted by atomic mass is 9.96. The summed E-state index contributed by atoms with van der Waals surface area (Å²) < 4.78 is 0. The standard InChI is InChI=1S/C16H20NO2/c18-13-15(11-14-7-3-1-4-8-14)12-16(19)17-9-5-2-6-10-17/h1,3-4,7-8,15H,2,5-6,9-12H2. The summed E-state index contributed by atoms with van der Waals surface area (Å²) in [6, 6.07) is 9.81. The Balaban J connectivity index is 1.88. The van der Waals surface area contributed by atoms with Gasteiger partial charge in [0.1, 0.15) is 0 Å². The average molecular weight is 258 g/mol. The van der Waals surface area contributed by atoms with E-state index in [0.29, 0.717) is 12.8 Å². The van der Waals surface area contributed by atoms with Crippen LogP contribution < -0.4 is 0 Å². The van der Waals surface area contributed by atoms with E-state index in [1.807, 2.05) is 41.5 Å². The van der Waals surface area contributed by atoms with Crippen LogP contribution in [0.5, 0.6) is 0 Å². The van der Waals surface area contributed by atoms with E-state index in [4.69, 9.17) is 0 Å². The van der Waals surface area contributed by atoms with Crippen molar-refractivity contribution < 1.29 is 9.59 Å². The first kappa shape index (κ1) is 13.8. The van der Waals surface area contributed by atoms with E-state index in [2.05, 4.69) is 0 Å². The van der Waals surface area contributed by atoms with Gasteiger partial charge in [0.2, 0.25) is 12.2 Å². The second-order valence-electron chi connectivity index (χ2n) is 5.15. The quantitative estimate of drug-likeness (QED) is 0.813. The summed E-state index contributed by atoms with van der Waals surface area (Å²) in [5.41, 5.74) is 1.09. The lowest BCUT2D eigenvalue weighted by molar-refractivity contribution is -0.132. The van der Waals surface area contributed by atoms with Gasteiger partial charge in [-0.15, -0.1) is 0 Å². The predicted octanol–water partition coefficient (Wildman–Crippen LogP) is 2.36. The molecule has 1 amide bonds. The minimum atomic E-state index is -0.322. The molecule has 0 N–H and O–H groups in total. The average Bonchev–Trinajstić information content (AvgIpc) is 2.48. The molecule has 0 saturated carbocycles. The van der Waals surface area contributed by atoms with E-state index >= 15 is 0 Å². The first-order chi connectivity index (χ1) is 9.29. The Hall–Kier alpha value is -1.64. The second kappa shape index (κ2) is 7.07. The third-order valence-electron chi connectivity index (χ3n) is 3.62. The molecule has 1 aromatic carbocycles. The summed E-state index contributed by atoms with van der Waals surface area (Å²) in [4.78, 5) is 25.0. The maximum Gasteiger partial charge on any atom is 0.223 e. The topological polar surface area (TPSA) is 37.4 Å².